The lowest BCUT2D eigenvalue weighted by Crippen LogP contribution is -2.29. The van der Waals surface area contributed by atoms with Gasteiger partial charge in [0.15, 0.2) is 0 Å². The van der Waals surface area contributed by atoms with Crippen molar-refractivity contribution in [2.24, 2.45) is 0 Å². The van der Waals surface area contributed by atoms with Crippen LogP contribution < -0.4 is 9.64 Å². The summed E-state index contributed by atoms with van der Waals surface area (Å²) >= 11 is 0. The summed E-state index contributed by atoms with van der Waals surface area (Å²) in [7, 11) is 3.49. The lowest BCUT2D eigenvalue weighted by molar-refractivity contribution is -0.129. The van der Waals surface area contributed by atoms with E-state index in [0.29, 0.717) is 13.0 Å². The standard InChI is InChI=1S/C22H28N2O2/c1-23(22(25)16-19-8-4-5-9-21(19)26-2)17-18-10-12-20(13-11-18)24-14-6-3-7-15-24/h4-5,8-13H,3,6-7,14-17H2,1-2H3. The molecule has 1 aliphatic heterocycles. The number of hydrogen-bond donors (Lipinski definition) is 0. The summed E-state index contributed by atoms with van der Waals surface area (Å²) in [6, 6.07) is 16.3. The molecule has 0 N–H and O–H groups in total. The molecule has 1 amide bonds. The Morgan fingerprint density at radius 2 is 1.73 bits per heavy atom. The summed E-state index contributed by atoms with van der Waals surface area (Å²) in [4.78, 5) is 16.8. The van der Waals surface area contributed by atoms with Crippen molar-refractivity contribution in [3.8, 4) is 5.75 Å². The van der Waals surface area contributed by atoms with E-state index < -0.39 is 0 Å². The van der Waals surface area contributed by atoms with E-state index in [0.717, 1.165) is 30.0 Å². The van der Waals surface area contributed by atoms with Crippen molar-refractivity contribution in [1.82, 2.24) is 4.90 Å². The highest BCUT2D eigenvalue weighted by Gasteiger charge is 2.14. The molecule has 0 spiro atoms. The van der Waals surface area contributed by atoms with Crippen LogP contribution in [0.1, 0.15) is 30.4 Å². The molecule has 1 heterocycles. The molecule has 26 heavy (non-hydrogen) atoms. The Hall–Kier alpha value is -2.49. The van der Waals surface area contributed by atoms with E-state index in [1.807, 2.05) is 31.3 Å². The van der Waals surface area contributed by atoms with Crippen molar-refractivity contribution in [2.75, 3.05) is 32.1 Å². The largest absolute Gasteiger partial charge is 0.496 e. The fourth-order valence-corrected chi connectivity index (χ4v) is 3.47. The monoisotopic (exact) mass is 352 g/mol. The van der Waals surface area contributed by atoms with E-state index in [-0.39, 0.29) is 5.91 Å². The Balaban J connectivity index is 1.58. The lowest BCUT2D eigenvalue weighted by atomic mass is 10.1. The molecule has 0 bridgehead atoms. The van der Waals surface area contributed by atoms with Gasteiger partial charge in [-0.15, -0.1) is 0 Å². The summed E-state index contributed by atoms with van der Waals surface area (Å²) < 4.78 is 5.34. The number of methoxy groups -OCH3 is 1. The summed E-state index contributed by atoms with van der Waals surface area (Å²) in [5.41, 5.74) is 3.37. The van der Waals surface area contributed by atoms with Crippen molar-refractivity contribution in [3.63, 3.8) is 0 Å². The number of likely N-dealkylation sites (N-methyl/N-ethyl adjacent to an activating group) is 1. The number of hydrogen-bond acceptors (Lipinski definition) is 3. The minimum absolute atomic E-state index is 0.0922. The quantitative estimate of drug-likeness (QED) is 0.791. The molecule has 0 atom stereocenters. The van der Waals surface area contributed by atoms with E-state index in [1.165, 1.54) is 24.9 Å². The van der Waals surface area contributed by atoms with Gasteiger partial charge in [0.05, 0.1) is 13.5 Å². The maximum atomic E-state index is 12.6. The van der Waals surface area contributed by atoms with E-state index in [4.69, 9.17) is 4.74 Å². The van der Waals surface area contributed by atoms with Crippen molar-refractivity contribution >= 4 is 11.6 Å². The number of anilines is 1. The summed E-state index contributed by atoms with van der Waals surface area (Å²) in [6.07, 6.45) is 4.25. The summed E-state index contributed by atoms with van der Waals surface area (Å²) in [5, 5.41) is 0. The van der Waals surface area contributed by atoms with Crippen molar-refractivity contribution in [3.05, 3.63) is 59.7 Å². The zero-order valence-electron chi connectivity index (χ0n) is 15.8. The summed E-state index contributed by atoms with van der Waals surface area (Å²) in [5.74, 6) is 0.856. The molecule has 0 aromatic heterocycles. The normalized spacial score (nSPS) is 14.2. The fraction of sp³-hybridized carbons (Fsp3) is 0.409. The molecule has 0 unspecified atom stereocenters. The van der Waals surface area contributed by atoms with Crippen molar-refractivity contribution < 1.29 is 9.53 Å². The predicted octanol–water partition coefficient (Wildman–Crippen LogP) is 3.89. The van der Waals surface area contributed by atoms with Gasteiger partial charge in [0.2, 0.25) is 5.91 Å². The molecule has 2 aromatic rings. The second kappa shape index (κ2) is 8.75. The van der Waals surface area contributed by atoms with Crippen LogP contribution >= 0.6 is 0 Å². The van der Waals surface area contributed by atoms with Crippen LogP contribution in [0.15, 0.2) is 48.5 Å². The first-order chi connectivity index (χ1) is 12.7. The minimum Gasteiger partial charge on any atom is -0.496 e. The van der Waals surface area contributed by atoms with Crippen LogP contribution in [0, 0.1) is 0 Å². The SMILES string of the molecule is COc1ccccc1CC(=O)N(C)Cc1ccc(N2CCCCC2)cc1. The number of piperidine rings is 1. The molecule has 2 aromatic carbocycles. The first-order valence-electron chi connectivity index (χ1n) is 9.37. The molecule has 0 saturated carbocycles. The topological polar surface area (TPSA) is 32.8 Å². The number of carbonyl (C=O) groups is 1. The molecule has 4 nitrogen and oxygen atoms in total. The molecule has 1 fully saturated rings. The maximum Gasteiger partial charge on any atom is 0.227 e. The second-order valence-electron chi connectivity index (χ2n) is 6.95. The number of para-hydroxylation sites is 1. The van der Waals surface area contributed by atoms with Gasteiger partial charge in [-0.25, -0.2) is 0 Å². The highest BCUT2D eigenvalue weighted by Crippen LogP contribution is 2.21. The molecule has 4 heteroatoms. The maximum absolute atomic E-state index is 12.6. The average Bonchev–Trinajstić information content (AvgIpc) is 2.69. The molecular weight excluding hydrogens is 324 g/mol. The van der Waals surface area contributed by atoms with Gasteiger partial charge >= 0.3 is 0 Å². The van der Waals surface area contributed by atoms with E-state index >= 15 is 0 Å². The van der Waals surface area contributed by atoms with Gasteiger partial charge in [0, 0.05) is 37.9 Å². The van der Waals surface area contributed by atoms with Gasteiger partial charge in [0.25, 0.3) is 0 Å². The number of amides is 1. The first-order valence-corrected chi connectivity index (χ1v) is 9.37. The van der Waals surface area contributed by atoms with Crippen LogP contribution in [0.2, 0.25) is 0 Å². The smallest absolute Gasteiger partial charge is 0.227 e. The number of benzene rings is 2. The zero-order chi connectivity index (χ0) is 18.4. The second-order valence-corrected chi connectivity index (χ2v) is 6.95. The van der Waals surface area contributed by atoms with E-state index in [1.54, 1.807) is 12.0 Å². The van der Waals surface area contributed by atoms with Gasteiger partial charge < -0.3 is 14.5 Å². The van der Waals surface area contributed by atoms with Crippen LogP contribution in [0.25, 0.3) is 0 Å². The van der Waals surface area contributed by atoms with E-state index in [2.05, 4.69) is 29.2 Å². The Morgan fingerprint density at radius 3 is 2.42 bits per heavy atom. The van der Waals surface area contributed by atoms with Gasteiger partial charge in [-0.2, -0.15) is 0 Å². The third kappa shape index (κ3) is 4.57. The molecule has 0 aliphatic carbocycles. The molecule has 3 rings (SSSR count). The number of rotatable bonds is 6. The van der Waals surface area contributed by atoms with Gasteiger partial charge in [-0.3, -0.25) is 4.79 Å². The van der Waals surface area contributed by atoms with Crippen LogP contribution in [-0.4, -0.2) is 38.1 Å². The molecule has 1 aliphatic rings. The zero-order valence-corrected chi connectivity index (χ0v) is 15.8. The van der Waals surface area contributed by atoms with Crippen LogP contribution in [0.4, 0.5) is 5.69 Å². The molecule has 1 saturated heterocycles. The highest BCUT2D eigenvalue weighted by atomic mass is 16.5. The average molecular weight is 352 g/mol. The highest BCUT2D eigenvalue weighted by molar-refractivity contribution is 5.79. The van der Waals surface area contributed by atoms with Gasteiger partial charge in [-0.1, -0.05) is 30.3 Å². The van der Waals surface area contributed by atoms with Gasteiger partial charge in [-0.05, 0) is 43.0 Å². The molecule has 0 radical (unpaired) electrons. The Kier molecular flexibility index (Phi) is 6.16. The van der Waals surface area contributed by atoms with Crippen LogP contribution in [-0.2, 0) is 17.8 Å². The number of carbonyl (C=O) groups excluding carboxylic acids is 1. The van der Waals surface area contributed by atoms with Gasteiger partial charge in [0.1, 0.15) is 5.75 Å². The van der Waals surface area contributed by atoms with Crippen LogP contribution in [0.5, 0.6) is 5.75 Å². The predicted molar refractivity (Wildman–Crippen MR) is 106 cm³/mol. The minimum atomic E-state index is 0.0922. The summed E-state index contributed by atoms with van der Waals surface area (Å²) in [6.45, 7) is 2.92. The van der Waals surface area contributed by atoms with Crippen molar-refractivity contribution in [1.29, 1.82) is 0 Å². The third-order valence-electron chi connectivity index (χ3n) is 5.04. The first kappa shape index (κ1) is 18.3. The number of nitrogens with zero attached hydrogens (tertiary/aromatic N) is 2. The lowest BCUT2D eigenvalue weighted by Gasteiger charge is -2.29. The third-order valence-corrected chi connectivity index (χ3v) is 5.04. The Bertz CT molecular complexity index is 721. The van der Waals surface area contributed by atoms with E-state index in [9.17, 15) is 4.79 Å². The van der Waals surface area contributed by atoms with Crippen molar-refractivity contribution in [2.45, 2.75) is 32.2 Å². The number of ether oxygens (including phenoxy) is 1. The van der Waals surface area contributed by atoms with Crippen LogP contribution in [0.3, 0.4) is 0 Å². The Morgan fingerprint density at radius 1 is 1.04 bits per heavy atom. The molecule has 138 valence electrons. The Labute approximate surface area is 156 Å². The molecular formula is C22H28N2O2. The fourth-order valence-electron chi connectivity index (χ4n) is 3.47.